The lowest BCUT2D eigenvalue weighted by molar-refractivity contribution is 0.430. The predicted octanol–water partition coefficient (Wildman–Crippen LogP) is 3.37. The normalized spacial score (nSPS) is 12.3. The highest BCUT2D eigenvalue weighted by Gasteiger charge is 2.24. The van der Waals surface area contributed by atoms with Crippen LogP contribution in [0.2, 0.25) is 0 Å². The summed E-state index contributed by atoms with van der Waals surface area (Å²) in [6.07, 6.45) is 0. The molecule has 0 saturated carbocycles. The third-order valence-electron chi connectivity index (χ3n) is 3.43. The van der Waals surface area contributed by atoms with Crippen LogP contribution in [0.1, 0.15) is 31.9 Å². The van der Waals surface area contributed by atoms with Gasteiger partial charge in [-0.05, 0) is 29.7 Å². The Morgan fingerprint density at radius 1 is 1.00 bits per heavy atom. The number of sulfone groups is 1. The van der Waals surface area contributed by atoms with Crippen LogP contribution in [0.5, 0.6) is 11.5 Å². The Bertz CT molecular complexity index is 772. The van der Waals surface area contributed by atoms with Crippen molar-refractivity contribution in [3.8, 4) is 11.5 Å². The molecule has 0 saturated heterocycles. The Kier molecular flexibility index (Phi) is 4.20. The Labute approximate surface area is 131 Å². The van der Waals surface area contributed by atoms with Crippen molar-refractivity contribution in [2.75, 3.05) is 0 Å². The first kappa shape index (κ1) is 16.4. The van der Waals surface area contributed by atoms with Gasteiger partial charge in [-0.15, -0.1) is 0 Å². The maximum Gasteiger partial charge on any atom is 0.182 e. The van der Waals surface area contributed by atoms with E-state index in [2.05, 4.69) is 0 Å². The van der Waals surface area contributed by atoms with Crippen molar-refractivity contribution in [1.82, 2.24) is 0 Å². The quantitative estimate of drug-likeness (QED) is 0.850. The Morgan fingerprint density at radius 3 is 2.14 bits per heavy atom. The van der Waals surface area contributed by atoms with Crippen LogP contribution in [0.15, 0.2) is 47.4 Å². The van der Waals surface area contributed by atoms with Crippen molar-refractivity contribution in [2.45, 2.75) is 36.8 Å². The molecule has 0 bridgehead atoms. The molecule has 2 aromatic rings. The fourth-order valence-electron chi connectivity index (χ4n) is 2.28. The zero-order valence-corrected chi connectivity index (χ0v) is 13.7. The molecule has 0 atom stereocenters. The molecule has 0 radical (unpaired) electrons. The molecule has 0 spiro atoms. The van der Waals surface area contributed by atoms with Gasteiger partial charge in [0.2, 0.25) is 0 Å². The molecule has 22 heavy (non-hydrogen) atoms. The van der Waals surface area contributed by atoms with Gasteiger partial charge in [-0.1, -0.05) is 39.0 Å². The Morgan fingerprint density at radius 2 is 1.59 bits per heavy atom. The molecule has 0 amide bonds. The van der Waals surface area contributed by atoms with E-state index >= 15 is 0 Å². The van der Waals surface area contributed by atoms with Gasteiger partial charge in [0.05, 0.1) is 10.6 Å². The van der Waals surface area contributed by atoms with E-state index in [1.165, 1.54) is 24.3 Å². The molecule has 0 aromatic heterocycles. The third-order valence-corrected chi connectivity index (χ3v) is 5.11. The van der Waals surface area contributed by atoms with Crippen LogP contribution in [-0.2, 0) is 21.0 Å². The van der Waals surface area contributed by atoms with Crippen LogP contribution in [0.4, 0.5) is 0 Å². The monoisotopic (exact) mass is 320 g/mol. The van der Waals surface area contributed by atoms with E-state index in [1.807, 2.05) is 20.8 Å². The second-order valence-corrected chi connectivity index (χ2v) is 8.31. The van der Waals surface area contributed by atoms with Crippen LogP contribution in [0.25, 0.3) is 0 Å². The molecule has 2 N–H and O–H groups in total. The van der Waals surface area contributed by atoms with Crippen molar-refractivity contribution in [3.05, 3.63) is 53.6 Å². The average Bonchev–Trinajstić information content (AvgIpc) is 2.42. The smallest absolute Gasteiger partial charge is 0.182 e. The Balaban J connectivity index is 2.49. The molecule has 0 unspecified atom stereocenters. The molecular weight excluding hydrogens is 300 g/mol. The van der Waals surface area contributed by atoms with Crippen molar-refractivity contribution in [3.63, 3.8) is 0 Å². The number of phenols is 2. The number of aromatic hydroxyl groups is 2. The molecule has 5 heteroatoms. The molecule has 0 fully saturated rings. The van der Waals surface area contributed by atoms with Gasteiger partial charge in [-0.2, -0.15) is 0 Å². The minimum Gasteiger partial charge on any atom is -0.508 e. The van der Waals surface area contributed by atoms with E-state index in [1.54, 1.807) is 18.2 Å². The molecule has 0 aliphatic rings. The highest BCUT2D eigenvalue weighted by Crippen LogP contribution is 2.37. The SMILES string of the molecule is CC(C)(C)c1cc(O)cc(CS(=O)(=O)c2ccccc2)c1O. The topological polar surface area (TPSA) is 74.6 Å². The maximum atomic E-state index is 12.4. The molecule has 0 heterocycles. The summed E-state index contributed by atoms with van der Waals surface area (Å²) in [5.74, 6) is -0.494. The van der Waals surface area contributed by atoms with Crippen LogP contribution < -0.4 is 0 Å². The van der Waals surface area contributed by atoms with E-state index in [9.17, 15) is 18.6 Å². The number of hydrogen-bond acceptors (Lipinski definition) is 4. The van der Waals surface area contributed by atoms with E-state index in [4.69, 9.17) is 0 Å². The van der Waals surface area contributed by atoms with Crippen LogP contribution >= 0.6 is 0 Å². The first-order valence-corrected chi connectivity index (χ1v) is 8.59. The molecule has 2 rings (SSSR count). The summed E-state index contributed by atoms with van der Waals surface area (Å²) >= 11 is 0. The van der Waals surface area contributed by atoms with Gasteiger partial charge in [0.15, 0.2) is 9.84 Å². The lowest BCUT2D eigenvalue weighted by atomic mass is 9.85. The first-order valence-electron chi connectivity index (χ1n) is 6.94. The highest BCUT2D eigenvalue weighted by molar-refractivity contribution is 7.90. The van der Waals surface area contributed by atoms with E-state index < -0.39 is 15.3 Å². The molecule has 118 valence electrons. The molecule has 0 aliphatic carbocycles. The van der Waals surface area contributed by atoms with Gasteiger partial charge >= 0.3 is 0 Å². The van der Waals surface area contributed by atoms with Crippen LogP contribution in [-0.4, -0.2) is 18.6 Å². The summed E-state index contributed by atoms with van der Waals surface area (Å²) in [7, 11) is -3.59. The van der Waals surface area contributed by atoms with E-state index in [0.717, 1.165) is 0 Å². The maximum absolute atomic E-state index is 12.4. The lowest BCUT2D eigenvalue weighted by Gasteiger charge is -2.22. The van der Waals surface area contributed by atoms with Crippen molar-refractivity contribution in [1.29, 1.82) is 0 Å². The number of hydrogen-bond donors (Lipinski definition) is 2. The van der Waals surface area contributed by atoms with E-state index in [0.29, 0.717) is 5.56 Å². The fraction of sp³-hybridized carbons (Fsp3) is 0.294. The standard InChI is InChI=1S/C17H20O4S/c1-17(2,3)15-10-13(18)9-12(16(15)19)11-22(20,21)14-7-5-4-6-8-14/h4-10,18-19H,11H2,1-3H3. The summed E-state index contributed by atoms with van der Waals surface area (Å²) in [5.41, 5.74) is 0.313. The van der Waals surface area contributed by atoms with Crippen molar-refractivity contribution < 1.29 is 18.6 Å². The number of benzene rings is 2. The molecule has 2 aromatic carbocycles. The van der Waals surface area contributed by atoms with Gasteiger partial charge in [0.1, 0.15) is 11.5 Å². The zero-order valence-electron chi connectivity index (χ0n) is 12.9. The summed E-state index contributed by atoms with van der Waals surface area (Å²) in [5, 5.41) is 20.2. The van der Waals surface area contributed by atoms with Gasteiger partial charge in [-0.25, -0.2) is 8.42 Å². The van der Waals surface area contributed by atoms with E-state index in [-0.39, 0.29) is 27.7 Å². The van der Waals surface area contributed by atoms with Crippen molar-refractivity contribution in [2.24, 2.45) is 0 Å². The average molecular weight is 320 g/mol. The summed E-state index contributed by atoms with van der Waals surface area (Å²) in [6, 6.07) is 10.8. The first-order chi connectivity index (χ1) is 10.1. The van der Waals surface area contributed by atoms with Gasteiger partial charge in [-0.3, -0.25) is 0 Å². The lowest BCUT2D eigenvalue weighted by Crippen LogP contribution is -2.13. The summed E-state index contributed by atoms with van der Waals surface area (Å²) in [6.45, 7) is 5.66. The number of rotatable bonds is 3. The zero-order chi connectivity index (χ0) is 16.5. The summed E-state index contributed by atoms with van der Waals surface area (Å²) in [4.78, 5) is 0.190. The molecular formula is C17H20O4S. The molecule has 4 nitrogen and oxygen atoms in total. The van der Waals surface area contributed by atoms with Crippen LogP contribution in [0, 0.1) is 0 Å². The second kappa shape index (κ2) is 5.65. The predicted molar refractivity (Wildman–Crippen MR) is 85.8 cm³/mol. The van der Waals surface area contributed by atoms with Gasteiger partial charge in [0, 0.05) is 11.1 Å². The molecule has 0 aliphatic heterocycles. The third kappa shape index (κ3) is 3.42. The Hall–Kier alpha value is -2.01. The minimum atomic E-state index is -3.59. The largest absolute Gasteiger partial charge is 0.508 e. The highest BCUT2D eigenvalue weighted by atomic mass is 32.2. The fourth-order valence-corrected chi connectivity index (χ4v) is 3.64. The van der Waals surface area contributed by atoms with Crippen LogP contribution in [0.3, 0.4) is 0 Å². The second-order valence-electron chi connectivity index (χ2n) is 6.32. The minimum absolute atomic E-state index is 0.0546. The van der Waals surface area contributed by atoms with Gasteiger partial charge < -0.3 is 10.2 Å². The van der Waals surface area contributed by atoms with Gasteiger partial charge in [0.25, 0.3) is 0 Å². The summed E-state index contributed by atoms with van der Waals surface area (Å²) < 4.78 is 24.9. The van der Waals surface area contributed by atoms with Crippen molar-refractivity contribution >= 4 is 9.84 Å². The number of phenolic OH excluding ortho intramolecular Hbond substituents is 2.